The van der Waals surface area contributed by atoms with Gasteiger partial charge in [0.2, 0.25) is 5.91 Å². The molecule has 0 spiro atoms. The third-order valence-electron chi connectivity index (χ3n) is 4.43. The average Bonchev–Trinajstić information content (AvgIpc) is 2.53. The maximum atomic E-state index is 12.7. The molecule has 118 valence electrons. The van der Waals surface area contributed by atoms with E-state index in [-0.39, 0.29) is 30.3 Å². The fourth-order valence-corrected chi connectivity index (χ4v) is 3.04. The molecule has 2 aromatic rings. The van der Waals surface area contributed by atoms with Crippen molar-refractivity contribution in [3.05, 3.63) is 48.0 Å². The number of nitrogens with zero attached hydrogens (tertiary/aromatic N) is 1. The third kappa shape index (κ3) is 3.26. The standard InChI is InChI=1S/C18H22N2O.ClH/c1-13-12-19-9-10-20(13)18(21)14(2)16-8-7-15-5-3-4-6-17(15)11-16;/h3-8,11,13-14,19H,9-10,12H2,1-2H3;1H. The van der Waals surface area contributed by atoms with Gasteiger partial charge in [-0.25, -0.2) is 0 Å². The van der Waals surface area contributed by atoms with Crippen LogP contribution in [0.3, 0.4) is 0 Å². The van der Waals surface area contributed by atoms with E-state index < -0.39 is 0 Å². The number of piperazine rings is 1. The molecule has 1 fully saturated rings. The largest absolute Gasteiger partial charge is 0.337 e. The first-order valence-corrected chi connectivity index (χ1v) is 7.66. The van der Waals surface area contributed by atoms with Crippen molar-refractivity contribution >= 4 is 29.1 Å². The third-order valence-corrected chi connectivity index (χ3v) is 4.43. The highest BCUT2D eigenvalue weighted by Crippen LogP contribution is 2.24. The summed E-state index contributed by atoms with van der Waals surface area (Å²) in [6.45, 7) is 6.70. The molecule has 1 saturated heterocycles. The Hall–Kier alpha value is -1.58. The minimum atomic E-state index is -0.0878. The second-order valence-corrected chi connectivity index (χ2v) is 5.91. The molecule has 1 aliphatic rings. The lowest BCUT2D eigenvalue weighted by atomic mass is 9.96. The van der Waals surface area contributed by atoms with Crippen LogP contribution in [0.25, 0.3) is 10.8 Å². The first-order chi connectivity index (χ1) is 10.2. The number of hydrogen-bond donors (Lipinski definition) is 1. The number of halogens is 1. The van der Waals surface area contributed by atoms with E-state index in [1.165, 1.54) is 10.8 Å². The Bertz CT molecular complexity index is 658. The lowest BCUT2D eigenvalue weighted by molar-refractivity contribution is -0.135. The number of fused-ring (bicyclic) bond motifs is 1. The van der Waals surface area contributed by atoms with Gasteiger partial charge in [-0.1, -0.05) is 42.5 Å². The highest BCUT2D eigenvalue weighted by Gasteiger charge is 2.27. The molecule has 2 atom stereocenters. The van der Waals surface area contributed by atoms with E-state index in [0.717, 1.165) is 25.2 Å². The normalized spacial score (nSPS) is 19.5. The van der Waals surface area contributed by atoms with E-state index in [2.05, 4.69) is 42.6 Å². The fourth-order valence-electron chi connectivity index (χ4n) is 3.04. The van der Waals surface area contributed by atoms with Gasteiger partial charge in [-0.15, -0.1) is 12.4 Å². The highest BCUT2D eigenvalue weighted by atomic mass is 35.5. The summed E-state index contributed by atoms with van der Waals surface area (Å²) in [5.74, 6) is 0.148. The minimum absolute atomic E-state index is 0. The summed E-state index contributed by atoms with van der Waals surface area (Å²) in [6, 6.07) is 14.9. The van der Waals surface area contributed by atoms with Crippen LogP contribution in [0.2, 0.25) is 0 Å². The number of benzene rings is 2. The number of carbonyl (C=O) groups is 1. The summed E-state index contributed by atoms with van der Waals surface area (Å²) in [5, 5.41) is 5.74. The number of carbonyl (C=O) groups excluding carboxylic acids is 1. The molecular weight excluding hydrogens is 296 g/mol. The van der Waals surface area contributed by atoms with Crippen molar-refractivity contribution < 1.29 is 4.79 Å². The van der Waals surface area contributed by atoms with Crippen LogP contribution in [0.1, 0.15) is 25.3 Å². The van der Waals surface area contributed by atoms with Crippen LogP contribution in [0.4, 0.5) is 0 Å². The molecule has 3 nitrogen and oxygen atoms in total. The van der Waals surface area contributed by atoms with Crippen LogP contribution < -0.4 is 5.32 Å². The molecule has 1 heterocycles. The van der Waals surface area contributed by atoms with Gasteiger partial charge in [0, 0.05) is 25.7 Å². The van der Waals surface area contributed by atoms with Crippen LogP contribution in [-0.4, -0.2) is 36.5 Å². The zero-order chi connectivity index (χ0) is 14.8. The molecule has 2 unspecified atom stereocenters. The van der Waals surface area contributed by atoms with Crippen molar-refractivity contribution in [1.82, 2.24) is 10.2 Å². The molecule has 0 aromatic heterocycles. The lowest BCUT2D eigenvalue weighted by Gasteiger charge is -2.35. The topological polar surface area (TPSA) is 32.3 Å². The predicted molar refractivity (Wildman–Crippen MR) is 93.7 cm³/mol. The summed E-state index contributed by atoms with van der Waals surface area (Å²) in [7, 11) is 0. The first kappa shape index (κ1) is 16.8. The summed E-state index contributed by atoms with van der Waals surface area (Å²) >= 11 is 0. The van der Waals surface area contributed by atoms with Gasteiger partial charge in [-0.2, -0.15) is 0 Å². The number of rotatable bonds is 2. The SMILES string of the molecule is CC(C(=O)N1CCNCC1C)c1ccc2ccccc2c1.Cl. The van der Waals surface area contributed by atoms with Crippen molar-refractivity contribution in [3.63, 3.8) is 0 Å². The number of nitrogens with one attached hydrogen (secondary N) is 1. The number of amides is 1. The van der Waals surface area contributed by atoms with Crippen LogP contribution in [0.5, 0.6) is 0 Å². The Morgan fingerprint density at radius 3 is 2.68 bits per heavy atom. The van der Waals surface area contributed by atoms with Gasteiger partial charge in [0.05, 0.1) is 5.92 Å². The van der Waals surface area contributed by atoms with Gasteiger partial charge in [0.1, 0.15) is 0 Å². The molecule has 0 bridgehead atoms. The van der Waals surface area contributed by atoms with Gasteiger partial charge in [0.25, 0.3) is 0 Å². The van der Waals surface area contributed by atoms with Crippen molar-refractivity contribution in [2.24, 2.45) is 0 Å². The summed E-state index contributed by atoms with van der Waals surface area (Å²) in [6.07, 6.45) is 0. The molecule has 0 aliphatic carbocycles. The van der Waals surface area contributed by atoms with Crippen molar-refractivity contribution in [1.29, 1.82) is 0 Å². The van der Waals surface area contributed by atoms with Crippen LogP contribution >= 0.6 is 12.4 Å². The van der Waals surface area contributed by atoms with Gasteiger partial charge in [-0.05, 0) is 30.2 Å². The zero-order valence-electron chi connectivity index (χ0n) is 13.1. The van der Waals surface area contributed by atoms with E-state index in [1.807, 2.05) is 24.0 Å². The van der Waals surface area contributed by atoms with Gasteiger partial charge < -0.3 is 10.2 Å². The molecule has 22 heavy (non-hydrogen) atoms. The molecule has 1 aliphatic heterocycles. The quantitative estimate of drug-likeness (QED) is 0.922. The monoisotopic (exact) mass is 318 g/mol. The van der Waals surface area contributed by atoms with Gasteiger partial charge in [-0.3, -0.25) is 4.79 Å². The first-order valence-electron chi connectivity index (χ1n) is 7.66. The fraction of sp³-hybridized carbons (Fsp3) is 0.389. The Morgan fingerprint density at radius 2 is 1.95 bits per heavy atom. The molecule has 1 N–H and O–H groups in total. The molecule has 1 amide bonds. The van der Waals surface area contributed by atoms with E-state index >= 15 is 0 Å². The highest BCUT2D eigenvalue weighted by molar-refractivity contribution is 5.87. The zero-order valence-corrected chi connectivity index (χ0v) is 13.9. The Balaban J connectivity index is 0.00000176. The summed E-state index contributed by atoms with van der Waals surface area (Å²) < 4.78 is 0. The van der Waals surface area contributed by atoms with Crippen LogP contribution in [0, 0.1) is 0 Å². The average molecular weight is 319 g/mol. The van der Waals surface area contributed by atoms with Gasteiger partial charge in [0.15, 0.2) is 0 Å². The van der Waals surface area contributed by atoms with E-state index in [0.29, 0.717) is 0 Å². The maximum Gasteiger partial charge on any atom is 0.230 e. The predicted octanol–water partition coefficient (Wildman–Crippen LogP) is 3.19. The van der Waals surface area contributed by atoms with Gasteiger partial charge >= 0.3 is 0 Å². The van der Waals surface area contributed by atoms with E-state index in [1.54, 1.807) is 0 Å². The Kier molecular flexibility index (Phi) is 5.43. The Labute approximate surface area is 138 Å². The van der Waals surface area contributed by atoms with Crippen LogP contribution in [-0.2, 0) is 4.79 Å². The molecule has 3 rings (SSSR count). The summed E-state index contributed by atoms with van der Waals surface area (Å²) in [5.41, 5.74) is 1.10. The molecule has 0 radical (unpaired) electrons. The van der Waals surface area contributed by atoms with Crippen molar-refractivity contribution in [2.75, 3.05) is 19.6 Å². The smallest absolute Gasteiger partial charge is 0.230 e. The van der Waals surface area contributed by atoms with Crippen LogP contribution in [0.15, 0.2) is 42.5 Å². The van der Waals surface area contributed by atoms with Crippen molar-refractivity contribution in [2.45, 2.75) is 25.8 Å². The molecule has 4 heteroatoms. The second kappa shape index (κ2) is 7.12. The second-order valence-electron chi connectivity index (χ2n) is 5.91. The molecular formula is C18H23ClN2O. The van der Waals surface area contributed by atoms with Crippen molar-refractivity contribution in [3.8, 4) is 0 Å². The Morgan fingerprint density at radius 1 is 1.23 bits per heavy atom. The summed E-state index contributed by atoms with van der Waals surface area (Å²) in [4.78, 5) is 14.8. The molecule has 0 saturated carbocycles. The lowest BCUT2D eigenvalue weighted by Crippen LogP contribution is -2.53. The maximum absolute atomic E-state index is 12.7. The minimum Gasteiger partial charge on any atom is -0.337 e. The number of hydrogen-bond acceptors (Lipinski definition) is 2. The van der Waals surface area contributed by atoms with E-state index in [9.17, 15) is 4.79 Å². The van der Waals surface area contributed by atoms with E-state index in [4.69, 9.17) is 0 Å². The molecule has 2 aromatic carbocycles.